The van der Waals surface area contributed by atoms with Gasteiger partial charge in [0.2, 0.25) is 5.91 Å². The number of fused-ring (bicyclic) bond motifs is 1. The highest BCUT2D eigenvalue weighted by Gasteiger charge is 2.27. The number of rotatable bonds is 6. The zero-order valence-corrected chi connectivity index (χ0v) is 20.8. The molecule has 36 heavy (non-hydrogen) atoms. The number of ether oxygens (including phenoxy) is 1. The summed E-state index contributed by atoms with van der Waals surface area (Å²) >= 11 is 0. The molecule has 5 rings (SSSR count). The summed E-state index contributed by atoms with van der Waals surface area (Å²) in [6, 6.07) is 11.7. The number of likely N-dealkylation sites (tertiary alicyclic amines) is 2. The molecular formula is C27H34N6O3. The number of hydrogen-bond acceptors (Lipinski definition) is 5. The molecule has 0 bridgehead atoms. The minimum Gasteiger partial charge on any atom is -0.457 e. The Bertz CT molecular complexity index is 1210. The number of nitrogens with zero attached hydrogens (tertiary/aromatic N) is 4. The van der Waals surface area contributed by atoms with Gasteiger partial charge in [0.1, 0.15) is 23.9 Å². The van der Waals surface area contributed by atoms with Crippen LogP contribution in [0.1, 0.15) is 32.1 Å². The fourth-order valence-electron chi connectivity index (χ4n) is 5.20. The van der Waals surface area contributed by atoms with Crippen LogP contribution < -0.4 is 15.4 Å². The van der Waals surface area contributed by atoms with Gasteiger partial charge in [-0.1, -0.05) is 6.42 Å². The van der Waals surface area contributed by atoms with Crippen LogP contribution in [-0.4, -0.2) is 70.6 Å². The maximum Gasteiger partial charge on any atom is 0.323 e. The predicted molar refractivity (Wildman–Crippen MR) is 139 cm³/mol. The Hall–Kier alpha value is -3.59. The Labute approximate surface area is 211 Å². The molecule has 0 saturated carbocycles. The molecule has 190 valence electrons. The molecule has 0 aliphatic carbocycles. The molecule has 9 nitrogen and oxygen atoms in total. The van der Waals surface area contributed by atoms with Gasteiger partial charge in [-0.2, -0.15) is 0 Å². The van der Waals surface area contributed by atoms with E-state index in [0.29, 0.717) is 23.4 Å². The molecule has 0 radical (unpaired) electrons. The van der Waals surface area contributed by atoms with E-state index < -0.39 is 0 Å². The van der Waals surface area contributed by atoms with Crippen molar-refractivity contribution in [3.05, 3.63) is 48.8 Å². The van der Waals surface area contributed by atoms with Crippen molar-refractivity contribution in [3.8, 4) is 11.5 Å². The van der Waals surface area contributed by atoms with E-state index in [1.54, 1.807) is 25.4 Å². The number of pyridine rings is 1. The van der Waals surface area contributed by atoms with Crippen molar-refractivity contribution < 1.29 is 14.3 Å². The fourth-order valence-corrected chi connectivity index (χ4v) is 5.20. The third kappa shape index (κ3) is 5.62. The standard InChI is InChI=1S/C27H34N6O3/c1-28-26(34)19-33-14-8-20-17-22(5-6-24(20)33)36-23-7-11-29-25(18-23)30-27(35)32-15-9-21(10-16-32)31-12-3-2-4-13-31/h5-8,11,14,17-18,21H,2-4,9-10,12-13,15-16,19H2,1H3,(H,28,34)(H,29,30,35). The molecule has 2 aliphatic rings. The summed E-state index contributed by atoms with van der Waals surface area (Å²) in [5.41, 5.74) is 0.956. The SMILES string of the molecule is CNC(=O)Cn1ccc2cc(Oc3ccnc(NC(=O)N4CCC(N5CCCCC5)CC4)c3)ccc21. The second-order valence-electron chi connectivity index (χ2n) is 9.56. The van der Waals surface area contributed by atoms with E-state index >= 15 is 0 Å². The van der Waals surface area contributed by atoms with Gasteiger partial charge in [-0.05, 0) is 69.1 Å². The van der Waals surface area contributed by atoms with E-state index in [1.165, 1.54) is 32.4 Å². The lowest BCUT2D eigenvalue weighted by atomic mass is 10.0. The Kier molecular flexibility index (Phi) is 7.36. The molecule has 2 aromatic heterocycles. The monoisotopic (exact) mass is 490 g/mol. The molecule has 2 saturated heterocycles. The molecule has 0 atom stereocenters. The van der Waals surface area contributed by atoms with Crippen molar-refractivity contribution in [1.82, 2.24) is 24.7 Å². The summed E-state index contributed by atoms with van der Waals surface area (Å²) in [6.07, 6.45) is 9.50. The number of likely N-dealkylation sites (N-methyl/N-ethyl adjacent to an activating group) is 1. The van der Waals surface area contributed by atoms with Crippen molar-refractivity contribution in [2.24, 2.45) is 0 Å². The van der Waals surface area contributed by atoms with Crippen LogP contribution in [-0.2, 0) is 11.3 Å². The minimum atomic E-state index is -0.115. The van der Waals surface area contributed by atoms with Gasteiger partial charge < -0.3 is 24.4 Å². The molecule has 2 N–H and O–H groups in total. The third-order valence-electron chi connectivity index (χ3n) is 7.20. The van der Waals surface area contributed by atoms with Gasteiger partial charge in [-0.25, -0.2) is 9.78 Å². The van der Waals surface area contributed by atoms with E-state index in [1.807, 2.05) is 39.9 Å². The van der Waals surface area contributed by atoms with Crippen LogP contribution in [0, 0.1) is 0 Å². The lowest BCUT2D eigenvalue weighted by molar-refractivity contribution is -0.121. The van der Waals surface area contributed by atoms with Crippen LogP contribution in [0.3, 0.4) is 0 Å². The van der Waals surface area contributed by atoms with Crippen LogP contribution in [0.2, 0.25) is 0 Å². The molecule has 4 heterocycles. The van der Waals surface area contributed by atoms with Crippen LogP contribution in [0.5, 0.6) is 11.5 Å². The van der Waals surface area contributed by atoms with E-state index in [2.05, 4.69) is 20.5 Å². The number of piperidine rings is 2. The van der Waals surface area contributed by atoms with Crippen molar-refractivity contribution in [3.63, 3.8) is 0 Å². The second kappa shape index (κ2) is 11.0. The van der Waals surface area contributed by atoms with E-state index in [9.17, 15) is 9.59 Å². The second-order valence-corrected chi connectivity index (χ2v) is 9.56. The van der Waals surface area contributed by atoms with E-state index in [4.69, 9.17) is 4.74 Å². The number of benzene rings is 1. The van der Waals surface area contributed by atoms with Gasteiger partial charge >= 0.3 is 6.03 Å². The molecule has 3 aromatic rings. The number of carbonyl (C=O) groups is 2. The van der Waals surface area contributed by atoms with Gasteiger partial charge in [0, 0.05) is 55.5 Å². The summed E-state index contributed by atoms with van der Waals surface area (Å²) in [5.74, 6) is 1.68. The zero-order chi connectivity index (χ0) is 24.9. The van der Waals surface area contributed by atoms with Gasteiger partial charge in [0.15, 0.2) is 0 Å². The number of aromatic nitrogens is 2. The zero-order valence-electron chi connectivity index (χ0n) is 20.8. The van der Waals surface area contributed by atoms with Crippen LogP contribution in [0.4, 0.5) is 10.6 Å². The van der Waals surface area contributed by atoms with Crippen LogP contribution in [0.15, 0.2) is 48.8 Å². The molecule has 3 amide bonds. The van der Waals surface area contributed by atoms with Crippen LogP contribution >= 0.6 is 0 Å². The Morgan fingerprint density at radius 1 is 1.00 bits per heavy atom. The molecule has 1 aromatic carbocycles. The quantitative estimate of drug-likeness (QED) is 0.544. The lowest BCUT2D eigenvalue weighted by Crippen LogP contribution is -2.49. The van der Waals surface area contributed by atoms with E-state index in [0.717, 1.165) is 36.8 Å². The maximum atomic E-state index is 12.9. The first-order valence-electron chi connectivity index (χ1n) is 12.8. The highest BCUT2D eigenvalue weighted by molar-refractivity contribution is 5.88. The number of anilines is 1. The van der Waals surface area contributed by atoms with Crippen molar-refractivity contribution in [2.45, 2.75) is 44.7 Å². The average Bonchev–Trinajstić information content (AvgIpc) is 3.31. The Morgan fingerprint density at radius 3 is 2.56 bits per heavy atom. The molecular weight excluding hydrogens is 456 g/mol. The number of amides is 3. The number of urea groups is 1. The first-order chi connectivity index (χ1) is 17.6. The largest absolute Gasteiger partial charge is 0.457 e. The molecule has 0 unspecified atom stereocenters. The maximum absolute atomic E-state index is 12.9. The summed E-state index contributed by atoms with van der Waals surface area (Å²) in [7, 11) is 1.63. The van der Waals surface area contributed by atoms with Gasteiger partial charge in [0.25, 0.3) is 0 Å². The van der Waals surface area contributed by atoms with Crippen LogP contribution in [0.25, 0.3) is 10.9 Å². The van der Waals surface area contributed by atoms with Crippen molar-refractivity contribution in [1.29, 1.82) is 0 Å². The summed E-state index contributed by atoms with van der Waals surface area (Å²) in [6.45, 7) is 4.19. The number of nitrogens with one attached hydrogen (secondary N) is 2. The first kappa shape index (κ1) is 24.1. The van der Waals surface area contributed by atoms with Gasteiger partial charge in [0.05, 0.1) is 0 Å². The topological polar surface area (TPSA) is 91.7 Å². The number of carbonyl (C=O) groups excluding carboxylic acids is 2. The Balaban J connectivity index is 1.17. The lowest BCUT2D eigenvalue weighted by Gasteiger charge is -2.40. The van der Waals surface area contributed by atoms with Crippen molar-refractivity contribution in [2.75, 3.05) is 38.5 Å². The first-order valence-corrected chi connectivity index (χ1v) is 12.8. The smallest absolute Gasteiger partial charge is 0.323 e. The van der Waals surface area contributed by atoms with Gasteiger partial charge in [-0.15, -0.1) is 0 Å². The molecule has 0 spiro atoms. The summed E-state index contributed by atoms with van der Waals surface area (Å²) in [4.78, 5) is 33.4. The van der Waals surface area contributed by atoms with E-state index in [-0.39, 0.29) is 18.5 Å². The fraction of sp³-hybridized carbons (Fsp3) is 0.444. The minimum absolute atomic E-state index is 0.0504. The summed E-state index contributed by atoms with van der Waals surface area (Å²) < 4.78 is 7.94. The molecule has 9 heteroatoms. The average molecular weight is 491 g/mol. The normalized spacial score (nSPS) is 17.2. The highest BCUT2D eigenvalue weighted by atomic mass is 16.5. The predicted octanol–water partition coefficient (Wildman–Crippen LogP) is 4.06. The molecule has 2 aliphatic heterocycles. The Morgan fingerprint density at radius 2 is 1.78 bits per heavy atom. The van der Waals surface area contributed by atoms with Gasteiger partial charge in [-0.3, -0.25) is 10.1 Å². The van der Waals surface area contributed by atoms with Crippen molar-refractivity contribution >= 4 is 28.7 Å². The third-order valence-corrected chi connectivity index (χ3v) is 7.20. The summed E-state index contributed by atoms with van der Waals surface area (Å²) in [5, 5.41) is 6.55. The molecule has 2 fully saturated rings. The number of hydrogen-bond donors (Lipinski definition) is 2. The highest BCUT2D eigenvalue weighted by Crippen LogP contribution is 2.28.